The third-order valence-corrected chi connectivity index (χ3v) is 3.48. The van der Waals surface area contributed by atoms with Crippen LogP contribution in [-0.2, 0) is 6.54 Å². The van der Waals surface area contributed by atoms with Crippen molar-refractivity contribution in [2.75, 3.05) is 0 Å². The normalized spacial score (nSPS) is 10.3. The van der Waals surface area contributed by atoms with E-state index >= 15 is 0 Å². The summed E-state index contributed by atoms with van der Waals surface area (Å²) in [5.74, 6) is -1.47. The molecule has 1 heterocycles. The number of halogens is 1. The number of carbonyl (C=O) groups excluding carboxylic acids is 2. The van der Waals surface area contributed by atoms with Gasteiger partial charge in [0, 0.05) is 11.8 Å². The van der Waals surface area contributed by atoms with Crippen molar-refractivity contribution in [1.29, 1.82) is 0 Å². The molecular formula is C18H15FN4O2. The molecule has 0 aliphatic carbocycles. The van der Waals surface area contributed by atoms with Crippen LogP contribution in [0.1, 0.15) is 26.3 Å². The molecule has 2 N–H and O–H groups in total. The van der Waals surface area contributed by atoms with E-state index in [4.69, 9.17) is 0 Å². The molecule has 7 heteroatoms. The van der Waals surface area contributed by atoms with Gasteiger partial charge in [0.15, 0.2) is 0 Å². The summed E-state index contributed by atoms with van der Waals surface area (Å²) in [5, 5.41) is 4.13. The van der Waals surface area contributed by atoms with E-state index in [1.165, 1.54) is 30.5 Å². The van der Waals surface area contributed by atoms with E-state index in [0.29, 0.717) is 12.1 Å². The van der Waals surface area contributed by atoms with Gasteiger partial charge >= 0.3 is 0 Å². The van der Waals surface area contributed by atoms with Crippen molar-refractivity contribution in [2.24, 2.45) is 0 Å². The lowest BCUT2D eigenvalue weighted by molar-refractivity contribution is 0.0846. The maximum absolute atomic E-state index is 12.8. The molecule has 0 radical (unpaired) electrons. The molecule has 2 amide bonds. The van der Waals surface area contributed by atoms with E-state index in [-0.39, 0.29) is 5.56 Å². The van der Waals surface area contributed by atoms with Gasteiger partial charge < -0.3 is 0 Å². The van der Waals surface area contributed by atoms with Crippen LogP contribution >= 0.6 is 0 Å². The second-order valence-corrected chi connectivity index (χ2v) is 5.33. The minimum absolute atomic E-state index is 0.237. The fourth-order valence-corrected chi connectivity index (χ4v) is 2.20. The van der Waals surface area contributed by atoms with Gasteiger partial charge in [-0.1, -0.05) is 30.3 Å². The van der Waals surface area contributed by atoms with Gasteiger partial charge in [-0.2, -0.15) is 5.10 Å². The first-order valence-corrected chi connectivity index (χ1v) is 7.54. The summed E-state index contributed by atoms with van der Waals surface area (Å²) in [6.07, 6.45) is 3.01. The van der Waals surface area contributed by atoms with Crippen molar-refractivity contribution >= 4 is 11.8 Å². The average Bonchev–Trinajstić information content (AvgIpc) is 3.09. The molecule has 0 aliphatic rings. The number of hydrazine groups is 1. The fraction of sp³-hybridized carbons (Fsp3) is 0.0556. The van der Waals surface area contributed by atoms with Gasteiger partial charge in [0.25, 0.3) is 11.8 Å². The van der Waals surface area contributed by atoms with Gasteiger partial charge in [0.05, 0.1) is 18.3 Å². The van der Waals surface area contributed by atoms with Crippen molar-refractivity contribution in [3.8, 4) is 0 Å². The minimum atomic E-state index is -0.537. The molecule has 0 aliphatic heterocycles. The Morgan fingerprint density at radius 2 is 1.56 bits per heavy atom. The largest absolute Gasteiger partial charge is 0.272 e. The van der Waals surface area contributed by atoms with Crippen molar-refractivity contribution in [1.82, 2.24) is 20.6 Å². The van der Waals surface area contributed by atoms with E-state index in [2.05, 4.69) is 16.0 Å². The summed E-state index contributed by atoms with van der Waals surface area (Å²) < 4.78 is 14.5. The Morgan fingerprint density at radius 1 is 0.920 bits per heavy atom. The number of nitrogens with one attached hydrogen (secondary N) is 2. The maximum atomic E-state index is 12.8. The van der Waals surface area contributed by atoms with Crippen LogP contribution in [0.25, 0.3) is 0 Å². The molecule has 6 nitrogen and oxygen atoms in total. The molecule has 0 saturated carbocycles. The van der Waals surface area contributed by atoms with E-state index in [1.54, 1.807) is 10.9 Å². The number of hydrogen-bond donors (Lipinski definition) is 2. The quantitative estimate of drug-likeness (QED) is 0.716. The zero-order valence-electron chi connectivity index (χ0n) is 13.1. The predicted molar refractivity (Wildman–Crippen MR) is 89.1 cm³/mol. The molecule has 0 saturated heterocycles. The van der Waals surface area contributed by atoms with E-state index in [0.717, 1.165) is 5.56 Å². The summed E-state index contributed by atoms with van der Waals surface area (Å²) in [6.45, 7) is 0.538. The lowest BCUT2D eigenvalue weighted by Gasteiger charge is -2.06. The molecule has 2 aromatic carbocycles. The summed E-state index contributed by atoms with van der Waals surface area (Å²) in [4.78, 5) is 23.9. The number of carbonyl (C=O) groups is 2. The Hall–Kier alpha value is -3.48. The Morgan fingerprint density at radius 3 is 2.24 bits per heavy atom. The zero-order valence-corrected chi connectivity index (χ0v) is 13.1. The predicted octanol–water partition coefficient (Wildman–Crippen LogP) is 2.15. The molecule has 1 aromatic heterocycles. The molecule has 3 aromatic rings. The summed E-state index contributed by atoms with van der Waals surface area (Å²) in [5.41, 5.74) is 6.19. The molecular weight excluding hydrogens is 323 g/mol. The highest BCUT2D eigenvalue weighted by atomic mass is 19.1. The lowest BCUT2D eigenvalue weighted by atomic mass is 10.2. The number of aromatic nitrogens is 2. The number of benzene rings is 2. The SMILES string of the molecule is O=C(NNC(=O)c1cnn(Cc2ccccc2)c1)c1ccc(F)cc1. The van der Waals surface area contributed by atoms with Gasteiger partial charge in [0.2, 0.25) is 0 Å². The lowest BCUT2D eigenvalue weighted by Crippen LogP contribution is -2.41. The highest BCUT2D eigenvalue weighted by molar-refractivity contribution is 5.98. The fourth-order valence-electron chi connectivity index (χ4n) is 2.20. The van der Waals surface area contributed by atoms with Crippen LogP contribution in [0.15, 0.2) is 67.0 Å². The molecule has 0 bridgehead atoms. The molecule has 0 unspecified atom stereocenters. The van der Waals surface area contributed by atoms with Crippen LogP contribution in [0.3, 0.4) is 0 Å². The third-order valence-electron chi connectivity index (χ3n) is 3.48. The van der Waals surface area contributed by atoms with Crippen LogP contribution in [0.2, 0.25) is 0 Å². The second kappa shape index (κ2) is 7.39. The van der Waals surface area contributed by atoms with Crippen molar-refractivity contribution in [2.45, 2.75) is 6.54 Å². The summed E-state index contributed by atoms with van der Waals surface area (Å²) in [7, 11) is 0. The maximum Gasteiger partial charge on any atom is 0.272 e. The van der Waals surface area contributed by atoms with Gasteiger partial charge in [-0.3, -0.25) is 25.1 Å². The monoisotopic (exact) mass is 338 g/mol. The second-order valence-electron chi connectivity index (χ2n) is 5.33. The number of amides is 2. The number of hydrogen-bond acceptors (Lipinski definition) is 3. The van der Waals surface area contributed by atoms with Gasteiger partial charge in [-0.05, 0) is 29.8 Å². The Balaban J connectivity index is 1.56. The van der Waals surface area contributed by atoms with Crippen LogP contribution in [0, 0.1) is 5.82 Å². The zero-order chi connectivity index (χ0) is 17.6. The molecule has 3 rings (SSSR count). The molecule has 126 valence electrons. The first kappa shape index (κ1) is 16.4. The smallest absolute Gasteiger partial charge is 0.268 e. The van der Waals surface area contributed by atoms with E-state index < -0.39 is 17.6 Å². The van der Waals surface area contributed by atoms with Crippen LogP contribution < -0.4 is 10.9 Å². The van der Waals surface area contributed by atoms with E-state index in [9.17, 15) is 14.0 Å². The van der Waals surface area contributed by atoms with Crippen LogP contribution in [0.5, 0.6) is 0 Å². The van der Waals surface area contributed by atoms with Crippen LogP contribution in [0.4, 0.5) is 4.39 Å². The first-order valence-electron chi connectivity index (χ1n) is 7.54. The number of rotatable bonds is 4. The Labute approximate surface area is 143 Å². The molecule has 0 spiro atoms. The van der Waals surface area contributed by atoms with E-state index in [1.807, 2.05) is 30.3 Å². The average molecular weight is 338 g/mol. The van der Waals surface area contributed by atoms with Crippen molar-refractivity contribution in [3.63, 3.8) is 0 Å². The van der Waals surface area contributed by atoms with Gasteiger partial charge in [0.1, 0.15) is 5.82 Å². The minimum Gasteiger partial charge on any atom is -0.268 e. The Kier molecular flexibility index (Phi) is 4.84. The number of nitrogens with zero attached hydrogens (tertiary/aromatic N) is 2. The summed E-state index contributed by atoms with van der Waals surface area (Å²) in [6, 6.07) is 14.7. The molecule has 0 atom stereocenters. The first-order chi connectivity index (χ1) is 12.1. The van der Waals surface area contributed by atoms with Gasteiger partial charge in [-0.15, -0.1) is 0 Å². The third kappa shape index (κ3) is 4.29. The van der Waals surface area contributed by atoms with Gasteiger partial charge in [-0.25, -0.2) is 4.39 Å². The van der Waals surface area contributed by atoms with Crippen molar-refractivity contribution < 1.29 is 14.0 Å². The van der Waals surface area contributed by atoms with Crippen molar-refractivity contribution in [3.05, 3.63) is 89.5 Å². The molecule has 0 fully saturated rings. The highest BCUT2D eigenvalue weighted by Crippen LogP contribution is 2.04. The van der Waals surface area contributed by atoms with Crippen LogP contribution in [-0.4, -0.2) is 21.6 Å². The summed E-state index contributed by atoms with van der Waals surface area (Å²) >= 11 is 0. The molecule has 25 heavy (non-hydrogen) atoms. The topological polar surface area (TPSA) is 76.0 Å². The highest BCUT2D eigenvalue weighted by Gasteiger charge is 2.11. The Bertz CT molecular complexity index is 876. The standard InChI is InChI=1S/C18H15FN4O2/c19-16-8-6-14(7-9-16)17(24)21-22-18(25)15-10-20-23(12-15)11-13-4-2-1-3-5-13/h1-10,12H,11H2,(H,21,24)(H,22,25).